The summed E-state index contributed by atoms with van der Waals surface area (Å²) in [5.41, 5.74) is 3.19. The number of nitrogens with one attached hydrogen (secondary N) is 1. The van der Waals surface area contributed by atoms with Crippen molar-refractivity contribution in [3.05, 3.63) is 34.9 Å². The van der Waals surface area contributed by atoms with Crippen LogP contribution in [-0.2, 0) is 17.6 Å². The highest BCUT2D eigenvalue weighted by atomic mass is 16.4. The predicted octanol–water partition coefficient (Wildman–Crippen LogP) is 1.63. The maximum absolute atomic E-state index is 11.9. The quantitative estimate of drug-likeness (QED) is 0.849. The van der Waals surface area contributed by atoms with Crippen molar-refractivity contribution < 1.29 is 14.7 Å². The summed E-state index contributed by atoms with van der Waals surface area (Å²) in [7, 11) is 0. The van der Waals surface area contributed by atoms with Crippen molar-refractivity contribution in [1.29, 1.82) is 0 Å². The molecule has 18 heavy (non-hydrogen) atoms. The molecule has 0 saturated carbocycles. The van der Waals surface area contributed by atoms with E-state index < -0.39 is 11.9 Å². The lowest BCUT2D eigenvalue weighted by Crippen LogP contribution is -2.31. The molecule has 96 valence electrons. The monoisotopic (exact) mass is 247 g/mol. The molecule has 0 fully saturated rings. The van der Waals surface area contributed by atoms with Gasteiger partial charge in [0.15, 0.2) is 0 Å². The maximum atomic E-state index is 11.9. The molecule has 1 aliphatic carbocycles. The van der Waals surface area contributed by atoms with Gasteiger partial charge < -0.3 is 10.4 Å². The van der Waals surface area contributed by atoms with Crippen molar-refractivity contribution >= 4 is 11.9 Å². The van der Waals surface area contributed by atoms with Crippen LogP contribution in [-0.4, -0.2) is 23.5 Å². The standard InChI is InChI=1S/C14H17NO3/c1-9(14(17)18)8-15-13(16)12-6-5-10-3-2-4-11(10)7-12/h5-7,9H,2-4,8H2,1H3,(H,15,16)(H,17,18). The topological polar surface area (TPSA) is 66.4 Å². The first-order valence-corrected chi connectivity index (χ1v) is 6.20. The number of amides is 1. The molecule has 1 amide bonds. The van der Waals surface area contributed by atoms with E-state index in [9.17, 15) is 9.59 Å². The van der Waals surface area contributed by atoms with Crippen molar-refractivity contribution in [1.82, 2.24) is 5.32 Å². The molecule has 1 aliphatic rings. The summed E-state index contributed by atoms with van der Waals surface area (Å²) in [6.45, 7) is 1.73. The highest BCUT2D eigenvalue weighted by Crippen LogP contribution is 2.22. The van der Waals surface area contributed by atoms with E-state index in [1.807, 2.05) is 18.2 Å². The van der Waals surface area contributed by atoms with Crippen LogP contribution in [0.3, 0.4) is 0 Å². The van der Waals surface area contributed by atoms with Gasteiger partial charge in [0.1, 0.15) is 0 Å². The Labute approximate surface area is 106 Å². The van der Waals surface area contributed by atoms with Gasteiger partial charge in [-0.1, -0.05) is 13.0 Å². The van der Waals surface area contributed by atoms with Gasteiger partial charge >= 0.3 is 5.97 Å². The molecule has 1 unspecified atom stereocenters. The molecule has 0 heterocycles. The average Bonchev–Trinajstić information content (AvgIpc) is 2.82. The smallest absolute Gasteiger partial charge is 0.308 e. The second-order valence-corrected chi connectivity index (χ2v) is 4.79. The SMILES string of the molecule is CC(CNC(=O)c1ccc2c(c1)CCC2)C(=O)O. The summed E-state index contributed by atoms with van der Waals surface area (Å²) in [6.07, 6.45) is 3.27. The van der Waals surface area contributed by atoms with Gasteiger partial charge in [-0.05, 0) is 42.5 Å². The number of aliphatic carboxylic acids is 1. The Hall–Kier alpha value is -1.84. The van der Waals surface area contributed by atoms with Gasteiger partial charge in [-0.25, -0.2) is 0 Å². The number of carboxylic acid groups (broad SMARTS) is 1. The lowest BCUT2D eigenvalue weighted by molar-refractivity contribution is -0.140. The normalized spacial score (nSPS) is 14.9. The number of fused-ring (bicyclic) bond motifs is 1. The van der Waals surface area contributed by atoms with Gasteiger partial charge in [0, 0.05) is 12.1 Å². The molecule has 4 nitrogen and oxygen atoms in total. The van der Waals surface area contributed by atoms with Crippen molar-refractivity contribution in [2.24, 2.45) is 5.92 Å². The van der Waals surface area contributed by atoms with E-state index in [1.54, 1.807) is 6.92 Å². The van der Waals surface area contributed by atoms with Gasteiger partial charge in [0.2, 0.25) is 0 Å². The Morgan fingerprint density at radius 2 is 2.06 bits per heavy atom. The Kier molecular flexibility index (Phi) is 3.65. The van der Waals surface area contributed by atoms with Crippen molar-refractivity contribution in [2.45, 2.75) is 26.2 Å². The first-order valence-electron chi connectivity index (χ1n) is 6.20. The molecule has 0 spiro atoms. The van der Waals surface area contributed by atoms with Crippen LogP contribution >= 0.6 is 0 Å². The number of hydrogen-bond donors (Lipinski definition) is 2. The molecule has 1 aromatic carbocycles. The molecular formula is C14H17NO3. The molecule has 1 aromatic rings. The van der Waals surface area contributed by atoms with Crippen molar-refractivity contribution in [2.75, 3.05) is 6.54 Å². The molecule has 2 rings (SSSR count). The third-order valence-electron chi connectivity index (χ3n) is 3.35. The van der Waals surface area contributed by atoms with Gasteiger partial charge in [0.05, 0.1) is 5.92 Å². The zero-order valence-electron chi connectivity index (χ0n) is 10.4. The van der Waals surface area contributed by atoms with E-state index in [-0.39, 0.29) is 12.5 Å². The highest BCUT2D eigenvalue weighted by molar-refractivity contribution is 5.94. The number of hydrogen-bond acceptors (Lipinski definition) is 2. The highest BCUT2D eigenvalue weighted by Gasteiger charge is 2.16. The van der Waals surface area contributed by atoms with Gasteiger partial charge in [-0.2, -0.15) is 0 Å². The fraction of sp³-hybridized carbons (Fsp3) is 0.429. The molecular weight excluding hydrogens is 230 g/mol. The Balaban J connectivity index is 1.99. The lowest BCUT2D eigenvalue weighted by Gasteiger charge is -2.09. The Bertz CT molecular complexity index is 482. The Morgan fingerprint density at radius 3 is 2.78 bits per heavy atom. The van der Waals surface area contributed by atoms with E-state index in [2.05, 4.69) is 5.32 Å². The van der Waals surface area contributed by atoms with Crippen LogP contribution in [0.4, 0.5) is 0 Å². The number of aryl methyl sites for hydroxylation is 2. The summed E-state index contributed by atoms with van der Waals surface area (Å²) >= 11 is 0. The number of rotatable bonds is 4. The number of carbonyl (C=O) groups excluding carboxylic acids is 1. The zero-order chi connectivity index (χ0) is 13.1. The molecule has 0 aliphatic heterocycles. The van der Waals surface area contributed by atoms with Crippen LogP contribution in [0.25, 0.3) is 0 Å². The van der Waals surface area contributed by atoms with E-state index in [0.29, 0.717) is 5.56 Å². The van der Waals surface area contributed by atoms with Crippen LogP contribution < -0.4 is 5.32 Å². The second-order valence-electron chi connectivity index (χ2n) is 4.79. The fourth-order valence-electron chi connectivity index (χ4n) is 2.15. The third-order valence-corrected chi connectivity index (χ3v) is 3.35. The van der Waals surface area contributed by atoms with Gasteiger partial charge in [0.25, 0.3) is 5.91 Å². The minimum Gasteiger partial charge on any atom is -0.481 e. The first kappa shape index (κ1) is 12.6. The van der Waals surface area contributed by atoms with E-state index in [1.165, 1.54) is 11.1 Å². The van der Waals surface area contributed by atoms with Crippen LogP contribution in [0.2, 0.25) is 0 Å². The van der Waals surface area contributed by atoms with E-state index >= 15 is 0 Å². The molecule has 2 N–H and O–H groups in total. The largest absolute Gasteiger partial charge is 0.481 e. The number of benzene rings is 1. The first-order chi connectivity index (χ1) is 8.58. The molecule has 0 aromatic heterocycles. The molecule has 0 bridgehead atoms. The lowest BCUT2D eigenvalue weighted by atomic mass is 10.1. The van der Waals surface area contributed by atoms with Gasteiger partial charge in [-0.15, -0.1) is 0 Å². The van der Waals surface area contributed by atoms with Crippen molar-refractivity contribution in [3.8, 4) is 0 Å². The van der Waals surface area contributed by atoms with Crippen LogP contribution in [0, 0.1) is 5.92 Å². The average molecular weight is 247 g/mol. The predicted molar refractivity (Wildman–Crippen MR) is 67.6 cm³/mol. The summed E-state index contributed by atoms with van der Waals surface area (Å²) in [5.74, 6) is -1.66. The molecule has 4 heteroatoms. The van der Waals surface area contributed by atoms with Crippen LogP contribution in [0.1, 0.15) is 34.8 Å². The molecule has 1 atom stereocenters. The van der Waals surface area contributed by atoms with Crippen LogP contribution in [0.5, 0.6) is 0 Å². The number of carbonyl (C=O) groups is 2. The zero-order valence-corrected chi connectivity index (χ0v) is 10.4. The Morgan fingerprint density at radius 1 is 1.33 bits per heavy atom. The summed E-state index contributed by atoms with van der Waals surface area (Å²) < 4.78 is 0. The van der Waals surface area contributed by atoms with E-state index in [4.69, 9.17) is 5.11 Å². The van der Waals surface area contributed by atoms with Crippen LogP contribution in [0.15, 0.2) is 18.2 Å². The minimum atomic E-state index is -0.899. The van der Waals surface area contributed by atoms with Gasteiger partial charge in [-0.3, -0.25) is 9.59 Å². The number of carboxylic acids is 1. The second kappa shape index (κ2) is 5.21. The minimum absolute atomic E-state index is 0.158. The summed E-state index contributed by atoms with van der Waals surface area (Å²) in [5, 5.41) is 11.4. The maximum Gasteiger partial charge on any atom is 0.308 e. The van der Waals surface area contributed by atoms with E-state index in [0.717, 1.165) is 19.3 Å². The third kappa shape index (κ3) is 2.70. The molecule has 0 saturated heterocycles. The van der Waals surface area contributed by atoms with Crippen molar-refractivity contribution in [3.63, 3.8) is 0 Å². The fourth-order valence-corrected chi connectivity index (χ4v) is 2.15. The summed E-state index contributed by atoms with van der Waals surface area (Å²) in [4.78, 5) is 22.5. The summed E-state index contributed by atoms with van der Waals surface area (Å²) in [6, 6.07) is 5.73. The molecule has 0 radical (unpaired) electrons.